The monoisotopic (exact) mass is 565 g/mol. The first-order valence-corrected chi connectivity index (χ1v) is 14.3. The van der Waals surface area contributed by atoms with Crippen LogP contribution in [0.1, 0.15) is 17.7 Å². The van der Waals surface area contributed by atoms with Crippen LogP contribution >= 0.6 is 23.4 Å². The number of esters is 1. The molecule has 0 aromatic heterocycles. The topological polar surface area (TPSA) is 62.3 Å². The van der Waals surface area contributed by atoms with Gasteiger partial charge in [-0.1, -0.05) is 41.9 Å². The van der Waals surface area contributed by atoms with Crippen LogP contribution in [-0.2, 0) is 14.3 Å². The second-order valence-corrected chi connectivity index (χ2v) is 11.2. The Morgan fingerprint density at radius 1 is 0.974 bits per heavy atom. The van der Waals surface area contributed by atoms with Crippen LogP contribution in [0.25, 0.3) is 0 Å². The standard InChI is InChI=1S/C30H32ClN3O4S/c1-21(35)38-28-29(22-8-11-25(37-2)12-9-22)39-27-20-23(31)10-13-26(27)34(30(28)36)19-16-32-14-17-33(18-15-32)24-6-4-3-5-7-24/h3-13,20,28-29H,14-19H2,1-2H3. The maximum atomic E-state index is 14.1. The number of nitrogens with zero attached hydrogens (tertiary/aromatic N) is 3. The molecule has 2 heterocycles. The molecule has 3 aromatic carbocycles. The summed E-state index contributed by atoms with van der Waals surface area (Å²) >= 11 is 7.89. The van der Waals surface area contributed by atoms with Gasteiger partial charge in [-0.3, -0.25) is 14.5 Å². The third-order valence-electron chi connectivity index (χ3n) is 7.12. The van der Waals surface area contributed by atoms with Gasteiger partial charge >= 0.3 is 5.97 Å². The molecule has 1 amide bonds. The molecule has 9 heteroatoms. The van der Waals surface area contributed by atoms with Crippen LogP contribution in [0.3, 0.4) is 0 Å². The zero-order valence-electron chi connectivity index (χ0n) is 22.1. The number of methoxy groups -OCH3 is 1. The van der Waals surface area contributed by atoms with E-state index < -0.39 is 17.3 Å². The average molecular weight is 566 g/mol. The van der Waals surface area contributed by atoms with Crippen molar-refractivity contribution in [3.8, 4) is 5.75 Å². The zero-order valence-corrected chi connectivity index (χ0v) is 23.7. The number of carbonyl (C=O) groups excluding carboxylic acids is 2. The summed E-state index contributed by atoms with van der Waals surface area (Å²) in [7, 11) is 1.61. The number of hydrogen-bond acceptors (Lipinski definition) is 7. The highest BCUT2D eigenvalue weighted by Crippen LogP contribution is 2.47. The Hall–Kier alpha value is -3.20. The SMILES string of the molecule is COc1ccc(C2Sc3cc(Cl)ccc3N(CCN3CCN(c4ccccc4)CC3)C(=O)C2OC(C)=O)cc1. The lowest BCUT2D eigenvalue weighted by Gasteiger charge is -2.37. The molecule has 1 fully saturated rings. The van der Waals surface area contributed by atoms with Crippen LogP contribution in [-0.4, -0.2) is 69.3 Å². The van der Waals surface area contributed by atoms with E-state index in [0.717, 1.165) is 42.3 Å². The number of para-hydroxylation sites is 1. The highest BCUT2D eigenvalue weighted by Gasteiger charge is 2.41. The van der Waals surface area contributed by atoms with Crippen LogP contribution in [0.2, 0.25) is 5.02 Å². The molecule has 0 saturated carbocycles. The minimum absolute atomic E-state index is 0.234. The molecular formula is C30H32ClN3O4S. The summed E-state index contributed by atoms with van der Waals surface area (Å²) < 4.78 is 11.0. The number of anilines is 2. The number of fused-ring (bicyclic) bond motifs is 1. The molecule has 2 atom stereocenters. The number of carbonyl (C=O) groups is 2. The molecule has 2 aliphatic rings. The second-order valence-electron chi connectivity index (χ2n) is 9.61. The van der Waals surface area contributed by atoms with E-state index in [2.05, 4.69) is 34.1 Å². The molecule has 39 heavy (non-hydrogen) atoms. The first-order valence-electron chi connectivity index (χ1n) is 13.0. The van der Waals surface area contributed by atoms with Gasteiger partial charge in [-0.15, -0.1) is 11.8 Å². The van der Waals surface area contributed by atoms with E-state index in [1.165, 1.54) is 24.4 Å². The Kier molecular flexibility index (Phi) is 8.65. The molecule has 0 aliphatic carbocycles. The largest absolute Gasteiger partial charge is 0.497 e. The van der Waals surface area contributed by atoms with Crippen molar-refractivity contribution in [3.05, 3.63) is 83.4 Å². The summed E-state index contributed by atoms with van der Waals surface area (Å²) in [6, 6.07) is 23.5. The lowest BCUT2D eigenvalue weighted by atomic mass is 10.1. The normalized spacial score (nSPS) is 19.8. The summed E-state index contributed by atoms with van der Waals surface area (Å²) in [5.74, 6) is -0.0129. The first-order chi connectivity index (χ1) is 18.9. The number of halogens is 1. The van der Waals surface area contributed by atoms with Gasteiger partial charge < -0.3 is 19.3 Å². The van der Waals surface area contributed by atoms with E-state index in [1.54, 1.807) is 18.1 Å². The summed E-state index contributed by atoms with van der Waals surface area (Å²) in [5, 5.41) is 0.147. The molecule has 7 nitrogen and oxygen atoms in total. The van der Waals surface area contributed by atoms with E-state index in [0.29, 0.717) is 23.9 Å². The minimum atomic E-state index is -0.984. The van der Waals surface area contributed by atoms with E-state index in [1.807, 2.05) is 42.5 Å². The third-order valence-corrected chi connectivity index (χ3v) is 8.71. The van der Waals surface area contributed by atoms with Crippen LogP contribution in [0.15, 0.2) is 77.7 Å². The highest BCUT2D eigenvalue weighted by atomic mass is 35.5. The molecule has 2 unspecified atom stereocenters. The number of ether oxygens (including phenoxy) is 2. The van der Waals surface area contributed by atoms with E-state index in [9.17, 15) is 9.59 Å². The number of amides is 1. The van der Waals surface area contributed by atoms with Crippen LogP contribution < -0.4 is 14.5 Å². The maximum Gasteiger partial charge on any atom is 0.303 e. The molecule has 1 saturated heterocycles. The Bertz CT molecular complexity index is 1300. The Morgan fingerprint density at radius 3 is 2.36 bits per heavy atom. The average Bonchev–Trinajstić information content (AvgIpc) is 3.06. The molecule has 204 valence electrons. The lowest BCUT2D eigenvalue weighted by Crippen LogP contribution is -2.50. The zero-order chi connectivity index (χ0) is 27.4. The predicted octanol–water partition coefficient (Wildman–Crippen LogP) is 5.28. The van der Waals surface area contributed by atoms with Gasteiger partial charge in [0.05, 0.1) is 18.0 Å². The predicted molar refractivity (Wildman–Crippen MR) is 156 cm³/mol. The van der Waals surface area contributed by atoms with Crippen LogP contribution in [0, 0.1) is 0 Å². The fraction of sp³-hybridized carbons (Fsp3) is 0.333. The molecule has 3 aromatic rings. The van der Waals surface area contributed by atoms with Crippen molar-refractivity contribution in [3.63, 3.8) is 0 Å². The van der Waals surface area contributed by atoms with Crippen molar-refractivity contribution in [2.75, 3.05) is 56.2 Å². The van der Waals surface area contributed by atoms with Crippen molar-refractivity contribution in [1.82, 2.24) is 4.90 Å². The van der Waals surface area contributed by atoms with Crippen molar-refractivity contribution in [1.29, 1.82) is 0 Å². The smallest absolute Gasteiger partial charge is 0.303 e. The summed E-state index contributed by atoms with van der Waals surface area (Å²) in [6.07, 6.45) is -0.984. The Morgan fingerprint density at radius 2 is 1.69 bits per heavy atom. The molecular weight excluding hydrogens is 534 g/mol. The van der Waals surface area contributed by atoms with Gasteiger partial charge in [0, 0.05) is 61.8 Å². The molecule has 2 aliphatic heterocycles. The van der Waals surface area contributed by atoms with Crippen LogP contribution in [0.4, 0.5) is 11.4 Å². The number of hydrogen-bond donors (Lipinski definition) is 0. The van der Waals surface area contributed by atoms with Gasteiger partial charge in [0.15, 0.2) is 6.10 Å². The molecule has 0 N–H and O–H groups in total. The summed E-state index contributed by atoms with van der Waals surface area (Å²) in [5.41, 5.74) is 2.88. The fourth-order valence-corrected chi connectivity index (χ4v) is 6.67. The maximum absolute atomic E-state index is 14.1. The van der Waals surface area contributed by atoms with E-state index in [-0.39, 0.29) is 5.91 Å². The Labute approximate surface area is 238 Å². The second kappa shape index (κ2) is 12.3. The third kappa shape index (κ3) is 6.35. The molecule has 0 radical (unpaired) electrons. The quantitative estimate of drug-likeness (QED) is 0.361. The van der Waals surface area contributed by atoms with Gasteiger partial charge in [-0.25, -0.2) is 0 Å². The fourth-order valence-electron chi connectivity index (χ4n) is 5.07. The van der Waals surface area contributed by atoms with Crippen molar-refractivity contribution < 1.29 is 19.1 Å². The molecule has 0 bridgehead atoms. The van der Waals surface area contributed by atoms with Crippen molar-refractivity contribution in [2.45, 2.75) is 23.2 Å². The number of benzene rings is 3. The van der Waals surface area contributed by atoms with Gasteiger partial charge in [0.25, 0.3) is 5.91 Å². The first kappa shape index (κ1) is 27.4. The van der Waals surface area contributed by atoms with E-state index >= 15 is 0 Å². The van der Waals surface area contributed by atoms with E-state index in [4.69, 9.17) is 21.1 Å². The molecule has 0 spiro atoms. The minimum Gasteiger partial charge on any atom is -0.497 e. The number of rotatable bonds is 7. The molecule has 5 rings (SSSR count). The van der Waals surface area contributed by atoms with Gasteiger partial charge in [-0.05, 0) is 48.0 Å². The van der Waals surface area contributed by atoms with Crippen molar-refractivity contribution in [2.24, 2.45) is 0 Å². The van der Waals surface area contributed by atoms with Crippen molar-refractivity contribution >= 4 is 46.6 Å². The summed E-state index contributed by atoms with van der Waals surface area (Å²) in [6.45, 7) is 6.19. The van der Waals surface area contributed by atoms with Gasteiger partial charge in [0.2, 0.25) is 0 Å². The van der Waals surface area contributed by atoms with Gasteiger partial charge in [-0.2, -0.15) is 0 Å². The number of thioether (sulfide) groups is 1. The highest BCUT2D eigenvalue weighted by molar-refractivity contribution is 7.99. The van der Waals surface area contributed by atoms with Crippen LogP contribution in [0.5, 0.6) is 5.75 Å². The van der Waals surface area contributed by atoms with Gasteiger partial charge in [0.1, 0.15) is 5.75 Å². The Balaban J connectivity index is 1.38. The number of piperazine rings is 1. The summed E-state index contributed by atoms with van der Waals surface area (Å²) in [4.78, 5) is 33.7. The lowest BCUT2D eigenvalue weighted by molar-refractivity contribution is -0.152.